The highest BCUT2D eigenvalue weighted by Crippen LogP contribution is 2.19. The smallest absolute Gasteiger partial charge is 0.126 e. The summed E-state index contributed by atoms with van der Waals surface area (Å²) >= 11 is 11.6. The molecule has 87 heavy (non-hydrogen) atoms. The van der Waals surface area contributed by atoms with E-state index in [1.165, 1.54) is 95.1 Å². The molecule has 462 valence electrons. The molecule has 0 N–H and O–H groups in total. The summed E-state index contributed by atoms with van der Waals surface area (Å²) in [6.07, 6.45) is 3.74. The summed E-state index contributed by atoms with van der Waals surface area (Å²) < 4.78 is 17.7. The molecule has 0 amide bonds. The van der Waals surface area contributed by atoms with Crippen molar-refractivity contribution in [3.63, 3.8) is 0 Å². The van der Waals surface area contributed by atoms with Crippen molar-refractivity contribution >= 4 is 23.2 Å². The number of aryl methyl sites for hydroxylation is 22. The van der Waals surface area contributed by atoms with Crippen LogP contribution in [0.25, 0.3) is 0 Å². The van der Waals surface area contributed by atoms with Gasteiger partial charge in [0.2, 0.25) is 0 Å². The molecule has 0 radical (unpaired) electrons. The molecule has 2 heterocycles. The first-order chi connectivity index (χ1) is 40.9. The van der Waals surface area contributed by atoms with Crippen LogP contribution in [0.1, 0.15) is 123 Å². The van der Waals surface area contributed by atoms with Gasteiger partial charge in [-0.1, -0.05) is 202 Å². The van der Waals surface area contributed by atoms with E-state index in [2.05, 4.69) is 207 Å². The number of halogens is 3. The molecule has 10 aromatic rings. The highest BCUT2D eigenvalue weighted by molar-refractivity contribution is 6.31. The molecular weight excluding hydrogens is 1110 g/mol. The first kappa shape index (κ1) is 77.4. The minimum Gasteiger partial charge on any atom is -0.496 e. The Bertz CT molecular complexity index is 3080. The quantitative estimate of drug-likeness (QED) is 0.164. The van der Waals surface area contributed by atoms with Gasteiger partial charge in [-0.15, -0.1) is 0 Å². The van der Waals surface area contributed by atoms with Crippen LogP contribution >= 0.6 is 23.2 Å². The maximum Gasteiger partial charge on any atom is 0.126 e. The summed E-state index contributed by atoms with van der Waals surface area (Å²) in [5, 5.41) is 1.71. The average Bonchev–Trinajstić information content (AvgIpc) is 3.49. The Morgan fingerprint density at radius 1 is 0.264 bits per heavy atom. The molecule has 0 saturated heterocycles. The zero-order valence-electron chi connectivity index (χ0n) is 56.9. The van der Waals surface area contributed by atoms with Gasteiger partial charge in [-0.05, 0) is 267 Å². The zero-order valence-corrected chi connectivity index (χ0v) is 58.4. The molecule has 8 aromatic carbocycles. The third-order valence-corrected chi connectivity index (χ3v) is 14.2. The molecule has 0 aliphatic rings. The van der Waals surface area contributed by atoms with Crippen LogP contribution in [0.4, 0.5) is 4.39 Å². The van der Waals surface area contributed by atoms with E-state index in [1.54, 1.807) is 20.1 Å². The number of hydrogen-bond acceptors (Lipinski definition) is 3. The van der Waals surface area contributed by atoms with Crippen molar-refractivity contribution in [3.8, 4) is 5.75 Å². The second kappa shape index (κ2) is 42.3. The first-order valence-electron chi connectivity index (χ1n) is 29.6. The van der Waals surface area contributed by atoms with Gasteiger partial charge in [-0.2, -0.15) is 0 Å². The van der Waals surface area contributed by atoms with Crippen LogP contribution in [-0.2, 0) is 0 Å². The lowest BCUT2D eigenvalue weighted by molar-refractivity contribution is 0.411. The molecule has 6 heteroatoms. The SMILES string of the molecule is COc1cc(C)ccc1C.Cc1ccc(C)c(C)c1.Cc1ccc(C)c(C)c1.Cc1ccc(C)c(Cl)c1.Cc1ccc(C)c(Cl)c1.Cc1ccc(C)c(F)c1.Cc1ccc(C)cc1.Cc1ccc(C)nc1.Cc1ccc(C)nc1.Cc1cccc(C)c1. The fraction of sp³-hybridized carbons (Fsp3) is 0.284. The highest BCUT2D eigenvalue weighted by atomic mass is 35.5. The van der Waals surface area contributed by atoms with E-state index in [-0.39, 0.29) is 5.82 Å². The van der Waals surface area contributed by atoms with E-state index < -0.39 is 0 Å². The first-order valence-corrected chi connectivity index (χ1v) is 30.4. The van der Waals surface area contributed by atoms with Crippen molar-refractivity contribution in [3.05, 3.63) is 333 Å². The third kappa shape index (κ3) is 36.2. The van der Waals surface area contributed by atoms with Crippen LogP contribution in [0.5, 0.6) is 5.75 Å². The molecule has 10 rings (SSSR count). The van der Waals surface area contributed by atoms with Gasteiger partial charge < -0.3 is 4.74 Å². The third-order valence-electron chi connectivity index (χ3n) is 13.4. The normalized spacial score (nSPS) is 9.49. The van der Waals surface area contributed by atoms with E-state index in [1.807, 2.05) is 130 Å². The van der Waals surface area contributed by atoms with Crippen molar-refractivity contribution in [2.45, 2.75) is 152 Å². The summed E-state index contributed by atoms with van der Waals surface area (Å²) in [5.74, 6) is 0.856. The standard InChI is InChI=1S/C9H12O.2C9H12.2C8H9Cl.C8H9F.2C8H10.2C7H9N/c1-7-4-5-8(2)9(6-7)10-3;2*1-7-4-5-8(2)9(3)6-7;3*1-6-3-4-7(2)8(9)5-6;1-7-3-5-8(2)6-4-7;1-7-4-3-5-8(2)6-7;2*1-6-3-4-7(2)8-5-6/h4-6H,1-3H3;2*4-6H,1-3H3;3*3-5H,1-2H3;2*3-6H,1-2H3;2*3-5H,1-2H3. The van der Waals surface area contributed by atoms with Crippen LogP contribution in [-0.4, -0.2) is 17.1 Å². The second-order valence-electron chi connectivity index (χ2n) is 22.7. The minimum absolute atomic E-state index is 0.116. The lowest BCUT2D eigenvalue weighted by Gasteiger charge is -2.03. The topological polar surface area (TPSA) is 35.0 Å². The van der Waals surface area contributed by atoms with Crippen molar-refractivity contribution in [1.82, 2.24) is 9.97 Å². The summed E-state index contributed by atoms with van der Waals surface area (Å²) in [6.45, 7) is 45.0. The fourth-order valence-electron chi connectivity index (χ4n) is 7.33. The van der Waals surface area contributed by atoms with Crippen molar-refractivity contribution in [2.24, 2.45) is 0 Å². The van der Waals surface area contributed by atoms with Gasteiger partial charge in [0.15, 0.2) is 0 Å². The molecule has 0 unspecified atom stereocenters. The maximum atomic E-state index is 12.6. The predicted molar refractivity (Wildman–Crippen MR) is 381 cm³/mol. The molecule has 0 fully saturated rings. The maximum absolute atomic E-state index is 12.6. The van der Waals surface area contributed by atoms with Gasteiger partial charge in [-0.25, -0.2) is 4.39 Å². The molecule has 0 spiro atoms. The van der Waals surface area contributed by atoms with Gasteiger partial charge in [0, 0.05) is 33.8 Å². The fourth-order valence-corrected chi connectivity index (χ4v) is 7.80. The zero-order chi connectivity index (χ0) is 65.8. The van der Waals surface area contributed by atoms with Crippen molar-refractivity contribution in [1.29, 1.82) is 0 Å². The molecule has 2 aromatic heterocycles. The monoisotopic (exact) mass is 1210 g/mol. The molecule has 3 nitrogen and oxygen atoms in total. The number of hydrogen-bond donors (Lipinski definition) is 0. The highest BCUT2D eigenvalue weighted by Gasteiger charge is 1.97. The van der Waals surface area contributed by atoms with Crippen LogP contribution in [0, 0.1) is 158 Å². The van der Waals surface area contributed by atoms with Gasteiger partial charge in [-0.3, -0.25) is 9.97 Å². The Kier molecular flexibility index (Phi) is 37.6. The number of benzene rings is 8. The van der Waals surface area contributed by atoms with Crippen LogP contribution in [0.2, 0.25) is 10.0 Å². The van der Waals surface area contributed by atoms with Crippen LogP contribution < -0.4 is 4.74 Å². The van der Waals surface area contributed by atoms with Crippen molar-refractivity contribution < 1.29 is 9.13 Å². The van der Waals surface area contributed by atoms with E-state index >= 15 is 0 Å². The van der Waals surface area contributed by atoms with E-state index in [4.69, 9.17) is 27.9 Å². The summed E-state index contributed by atoms with van der Waals surface area (Å²) in [7, 11) is 1.70. The molecule has 0 aliphatic carbocycles. The van der Waals surface area contributed by atoms with Gasteiger partial charge in [0.25, 0.3) is 0 Å². The number of pyridine rings is 2. The van der Waals surface area contributed by atoms with E-state index in [0.29, 0.717) is 5.56 Å². The largest absolute Gasteiger partial charge is 0.496 e. The molecular formula is C81H101Cl2FN2O. The Morgan fingerprint density at radius 3 is 0.793 bits per heavy atom. The Labute approximate surface area is 537 Å². The number of nitrogens with zero attached hydrogens (tertiary/aromatic N) is 2. The molecule has 0 bridgehead atoms. The predicted octanol–water partition coefficient (Wildman–Crippen LogP) is 23.9. The van der Waals surface area contributed by atoms with Crippen molar-refractivity contribution in [2.75, 3.05) is 7.11 Å². The van der Waals surface area contributed by atoms with Crippen LogP contribution in [0.3, 0.4) is 0 Å². The molecule has 0 atom stereocenters. The number of ether oxygens (including phenoxy) is 1. The summed E-state index contributed by atoms with van der Waals surface area (Å²) in [4.78, 5) is 8.16. The van der Waals surface area contributed by atoms with E-state index in [0.717, 1.165) is 43.9 Å². The minimum atomic E-state index is -0.116. The van der Waals surface area contributed by atoms with E-state index in [9.17, 15) is 4.39 Å². The lowest BCUT2D eigenvalue weighted by Crippen LogP contribution is -1.86. The lowest BCUT2D eigenvalue weighted by atomic mass is 10.1. The number of aromatic nitrogens is 2. The molecule has 0 aliphatic heterocycles. The summed E-state index contributed by atoms with van der Waals surface area (Å²) in [6, 6.07) is 61.6. The second-order valence-corrected chi connectivity index (χ2v) is 23.5. The summed E-state index contributed by atoms with van der Waals surface area (Å²) in [5.41, 5.74) is 27.0. The number of rotatable bonds is 1. The Morgan fingerprint density at radius 2 is 0.552 bits per heavy atom. The Hall–Kier alpha value is -7.63. The van der Waals surface area contributed by atoms with Gasteiger partial charge in [0.1, 0.15) is 11.6 Å². The molecule has 0 saturated carbocycles. The van der Waals surface area contributed by atoms with Crippen LogP contribution in [0.15, 0.2) is 194 Å². The average molecular weight is 1210 g/mol. The van der Waals surface area contributed by atoms with Gasteiger partial charge >= 0.3 is 0 Å². The van der Waals surface area contributed by atoms with Gasteiger partial charge in [0.05, 0.1) is 7.11 Å². The number of methoxy groups -OCH3 is 1. The Balaban J connectivity index is 0.000000484.